The van der Waals surface area contributed by atoms with Crippen molar-refractivity contribution in [3.8, 4) is 0 Å². The topological polar surface area (TPSA) is 121 Å². The highest BCUT2D eigenvalue weighted by atomic mass is 79.9. The predicted molar refractivity (Wildman–Crippen MR) is 184 cm³/mol. The fraction of sp³-hybridized carbons (Fsp3) is 0.368. The molecule has 0 amide bonds. The van der Waals surface area contributed by atoms with Crippen molar-refractivity contribution in [3.63, 3.8) is 0 Å². The van der Waals surface area contributed by atoms with Gasteiger partial charge in [0.15, 0.2) is 23.1 Å². The first-order valence-corrected chi connectivity index (χ1v) is 17.1. The van der Waals surface area contributed by atoms with Gasteiger partial charge in [-0.15, -0.1) is 0 Å². The zero-order chi connectivity index (χ0) is 35.4. The van der Waals surface area contributed by atoms with E-state index < -0.39 is 81.8 Å². The predicted octanol–water partition coefficient (Wildman–Crippen LogP) is 8.16. The number of benzene rings is 3. The van der Waals surface area contributed by atoms with Gasteiger partial charge in [-0.2, -0.15) is 0 Å². The summed E-state index contributed by atoms with van der Waals surface area (Å²) in [5.74, 6) is -3.30. The number of cyclic esters (lactones) is 2. The largest absolute Gasteiger partial charge is 0.456 e. The Balaban J connectivity index is 1.29. The van der Waals surface area contributed by atoms with Crippen molar-refractivity contribution in [2.75, 3.05) is 0 Å². The number of Topliss-reactive ketones (excluding diaryl/α,β-unsaturated/α-hetero) is 4. The molecule has 5 rings (SSSR count). The second kappa shape index (κ2) is 12.6. The molecule has 0 saturated carbocycles. The number of carbonyl (C=O) groups is 6. The highest BCUT2D eigenvalue weighted by molar-refractivity contribution is 9.10. The molecule has 4 atom stereocenters. The second-order valence-corrected chi connectivity index (χ2v) is 16.0. The van der Waals surface area contributed by atoms with E-state index in [1.807, 2.05) is 0 Å². The van der Waals surface area contributed by atoms with Gasteiger partial charge in [-0.1, -0.05) is 80.4 Å². The maximum atomic E-state index is 13.8. The molecule has 10 heteroatoms. The second-order valence-electron chi connectivity index (χ2n) is 14.2. The van der Waals surface area contributed by atoms with Crippen molar-refractivity contribution < 1.29 is 38.2 Å². The molecule has 0 bridgehead atoms. The third kappa shape index (κ3) is 6.13. The molecular weight excluding hydrogens is 744 g/mol. The van der Waals surface area contributed by atoms with Gasteiger partial charge in [0.05, 0.1) is 10.8 Å². The summed E-state index contributed by atoms with van der Waals surface area (Å²) in [6, 6.07) is 20.1. The van der Waals surface area contributed by atoms with Crippen LogP contribution in [-0.2, 0) is 28.7 Å². The Hall–Kier alpha value is -3.76. The monoisotopic (exact) mass is 778 g/mol. The van der Waals surface area contributed by atoms with Crippen molar-refractivity contribution >= 4 is 66.9 Å². The Morgan fingerprint density at radius 3 is 1.12 bits per heavy atom. The Morgan fingerprint density at radius 2 is 0.833 bits per heavy atom. The number of esters is 2. The molecule has 0 N–H and O–H groups in total. The lowest BCUT2D eigenvalue weighted by atomic mass is 9.64. The normalized spacial score (nSPS) is 26.4. The molecule has 2 aliphatic rings. The molecule has 2 fully saturated rings. The van der Waals surface area contributed by atoms with E-state index in [9.17, 15) is 28.8 Å². The van der Waals surface area contributed by atoms with Crippen LogP contribution in [0, 0.1) is 21.7 Å². The minimum absolute atomic E-state index is 0.194. The van der Waals surface area contributed by atoms with E-state index in [0.29, 0.717) is 11.1 Å². The van der Waals surface area contributed by atoms with Crippen LogP contribution in [-0.4, -0.2) is 35.1 Å². The van der Waals surface area contributed by atoms with Gasteiger partial charge in [0, 0.05) is 32.9 Å². The van der Waals surface area contributed by atoms with Crippen molar-refractivity contribution in [2.24, 2.45) is 21.7 Å². The Bertz CT molecular complexity index is 1690. The Morgan fingerprint density at radius 1 is 0.542 bits per heavy atom. The van der Waals surface area contributed by atoms with Crippen LogP contribution in [0.25, 0.3) is 0 Å². The van der Waals surface area contributed by atoms with E-state index in [2.05, 4.69) is 31.9 Å². The summed E-state index contributed by atoms with van der Waals surface area (Å²) in [5.41, 5.74) is -3.90. The molecule has 3 aromatic carbocycles. The number of hydrogen-bond acceptors (Lipinski definition) is 8. The summed E-state index contributed by atoms with van der Waals surface area (Å²) < 4.78 is 13.3. The summed E-state index contributed by atoms with van der Waals surface area (Å²) >= 11 is 6.76. The first kappa shape index (κ1) is 35.5. The van der Waals surface area contributed by atoms with E-state index in [0.717, 1.165) is 8.95 Å². The van der Waals surface area contributed by atoms with Crippen molar-refractivity contribution in [1.29, 1.82) is 0 Å². The Kier molecular flexibility index (Phi) is 9.33. The standard InChI is InChI=1S/C38H36Br2O8/c1-35(2)29(23-11-15-25(39)16-12-23)47-33(45)37(5,31(35)43)19-27(41)21-7-9-22(10-8-21)28(42)20-38(6)32(44)36(3,4)30(48-34(38)46)24-13-17-26(40)18-14-24/h7-18,29-30H,19-20H2,1-6H3/t29-,30+,37-,38-/m1/s1. The molecule has 0 spiro atoms. The van der Waals surface area contributed by atoms with Gasteiger partial charge in [0.25, 0.3) is 0 Å². The van der Waals surface area contributed by atoms with E-state index in [4.69, 9.17) is 9.47 Å². The van der Waals surface area contributed by atoms with Crippen LogP contribution in [0.3, 0.4) is 0 Å². The van der Waals surface area contributed by atoms with Crippen LogP contribution in [0.5, 0.6) is 0 Å². The molecule has 3 aromatic rings. The van der Waals surface area contributed by atoms with Gasteiger partial charge in [-0.05, 0) is 76.9 Å². The van der Waals surface area contributed by atoms with Crippen LogP contribution in [0.1, 0.15) is 98.4 Å². The first-order valence-electron chi connectivity index (χ1n) is 15.5. The minimum Gasteiger partial charge on any atom is -0.456 e. The molecule has 2 saturated heterocycles. The highest BCUT2D eigenvalue weighted by Crippen LogP contribution is 2.51. The van der Waals surface area contributed by atoms with Crippen LogP contribution in [0.15, 0.2) is 81.7 Å². The first-order chi connectivity index (χ1) is 22.3. The van der Waals surface area contributed by atoms with Crippen LogP contribution in [0.4, 0.5) is 0 Å². The zero-order valence-corrected chi connectivity index (χ0v) is 30.7. The molecule has 0 aromatic heterocycles. The average molecular weight is 781 g/mol. The number of hydrogen-bond donors (Lipinski definition) is 0. The lowest BCUT2D eigenvalue weighted by molar-refractivity contribution is -0.189. The third-order valence-corrected chi connectivity index (χ3v) is 10.8. The van der Waals surface area contributed by atoms with Gasteiger partial charge < -0.3 is 9.47 Å². The van der Waals surface area contributed by atoms with Gasteiger partial charge in [0.2, 0.25) is 0 Å². The number of ketones is 4. The van der Waals surface area contributed by atoms with E-state index in [1.165, 1.54) is 38.1 Å². The summed E-state index contributed by atoms with van der Waals surface area (Å²) in [4.78, 5) is 81.0. The van der Waals surface area contributed by atoms with Gasteiger partial charge in [0.1, 0.15) is 23.0 Å². The Labute approximate surface area is 296 Å². The number of rotatable bonds is 8. The van der Waals surface area contributed by atoms with Gasteiger partial charge in [-0.25, -0.2) is 0 Å². The van der Waals surface area contributed by atoms with Gasteiger partial charge in [-0.3, -0.25) is 28.8 Å². The van der Waals surface area contributed by atoms with Crippen LogP contribution in [0.2, 0.25) is 0 Å². The average Bonchev–Trinajstić information content (AvgIpc) is 3.04. The van der Waals surface area contributed by atoms with Crippen molar-refractivity contribution in [3.05, 3.63) is 104 Å². The van der Waals surface area contributed by atoms with E-state index in [1.54, 1.807) is 76.2 Å². The number of halogens is 2. The molecule has 8 nitrogen and oxygen atoms in total. The minimum atomic E-state index is -1.71. The van der Waals surface area contributed by atoms with Gasteiger partial charge >= 0.3 is 11.9 Å². The SMILES string of the molecule is CC1(C)C(=O)[C@@](C)(CC(=O)c2ccc(C(=O)C[C@@]3(C)C(=O)O[C@@H](c4ccc(Br)cc4)C(C)(C)C3=O)cc2)C(=O)O[C@@H]1c1ccc(Br)cc1. The van der Waals surface area contributed by atoms with E-state index >= 15 is 0 Å². The molecule has 0 radical (unpaired) electrons. The molecule has 0 aliphatic carbocycles. The lowest BCUT2D eigenvalue weighted by Gasteiger charge is -2.44. The highest BCUT2D eigenvalue weighted by Gasteiger charge is 2.60. The molecule has 250 valence electrons. The summed E-state index contributed by atoms with van der Waals surface area (Å²) in [7, 11) is 0. The third-order valence-electron chi connectivity index (χ3n) is 9.74. The fourth-order valence-corrected chi connectivity index (χ4v) is 7.38. The molecule has 2 aliphatic heterocycles. The smallest absolute Gasteiger partial charge is 0.320 e. The summed E-state index contributed by atoms with van der Waals surface area (Å²) in [5, 5.41) is 0. The molecule has 48 heavy (non-hydrogen) atoms. The number of carbonyl (C=O) groups excluding carboxylic acids is 6. The zero-order valence-electron chi connectivity index (χ0n) is 27.5. The maximum Gasteiger partial charge on any atom is 0.320 e. The summed E-state index contributed by atoms with van der Waals surface area (Å²) in [6.07, 6.45) is -2.46. The van der Waals surface area contributed by atoms with E-state index in [-0.39, 0.29) is 11.1 Å². The van der Waals surface area contributed by atoms with Crippen LogP contribution < -0.4 is 0 Å². The number of ether oxygens (including phenoxy) is 2. The molecule has 0 unspecified atom stereocenters. The lowest BCUT2D eigenvalue weighted by Crippen LogP contribution is -2.54. The van der Waals surface area contributed by atoms with Crippen molar-refractivity contribution in [2.45, 2.75) is 66.6 Å². The molecular formula is C38H36Br2O8. The summed E-state index contributed by atoms with van der Waals surface area (Å²) in [6.45, 7) is 9.66. The van der Waals surface area contributed by atoms with Crippen LogP contribution >= 0.6 is 31.9 Å². The fourth-order valence-electron chi connectivity index (χ4n) is 6.85. The quantitative estimate of drug-likeness (QED) is 0.128. The van der Waals surface area contributed by atoms with Crippen molar-refractivity contribution in [1.82, 2.24) is 0 Å². The molecule has 2 heterocycles. The maximum absolute atomic E-state index is 13.8.